The van der Waals surface area contributed by atoms with Crippen molar-refractivity contribution in [3.63, 3.8) is 0 Å². The van der Waals surface area contributed by atoms with Gasteiger partial charge >= 0.3 is 0 Å². The van der Waals surface area contributed by atoms with Gasteiger partial charge in [-0.05, 0) is 12.1 Å². The zero-order valence-electron chi connectivity index (χ0n) is 9.38. The quantitative estimate of drug-likeness (QED) is 0.656. The summed E-state index contributed by atoms with van der Waals surface area (Å²) in [4.78, 5) is 0.327. The van der Waals surface area contributed by atoms with E-state index in [9.17, 15) is 17.6 Å². The minimum Gasteiger partial charge on any atom is -0.398 e. The summed E-state index contributed by atoms with van der Waals surface area (Å²) in [7, 11) is 0. The summed E-state index contributed by atoms with van der Waals surface area (Å²) < 4.78 is 52.0. The SMILES string of the molecule is Nc1cc(F)c(F)cc1Sc1cc(F)c(F)cc1N. The van der Waals surface area contributed by atoms with E-state index >= 15 is 0 Å². The predicted molar refractivity (Wildman–Crippen MR) is 65.7 cm³/mol. The monoisotopic (exact) mass is 288 g/mol. The summed E-state index contributed by atoms with van der Waals surface area (Å²) in [5, 5.41) is 0. The van der Waals surface area contributed by atoms with E-state index in [1.165, 1.54) is 0 Å². The highest BCUT2D eigenvalue weighted by molar-refractivity contribution is 7.99. The van der Waals surface area contributed by atoms with Crippen molar-refractivity contribution in [2.24, 2.45) is 0 Å². The molecule has 2 aromatic carbocycles. The Morgan fingerprint density at radius 1 is 0.632 bits per heavy atom. The van der Waals surface area contributed by atoms with Crippen LogP contribution < -0.4 is 11.5 Å². The molecule has 0 atom stereocenters. The Morgan fingerprint density at radius 3 is 1.32 bits per heavy atom. The lowest BCUT2D eigenvalue weighted by Crippen LogP contribution is -1.96. The highest BCUT2D eigenvalue weighted by Gasteiger charge is 2.13. The largest absolute Gasteiger partial charge is 0.398 e. The first-order valence-corrected chi connectivity index (χ1v) is 5.87. The molecule has 0 aliphatic carbocycles. The van der Waals surface area contributed by atoms with Crippen molar-refractivity contribution in [3.05, 3.63) is 47.5 Å². The molecule has 0 aromatic heterocycles. The Balaban J connectivity index is 2.42. The fourth-order valence-corrected chi connectivity index (χ4v) is 2.30. The topological polar surface area (TPSA) is 52.0 Å². The van der Waals surface area contributed by atoms with Gasteiger partial charge in [-0.2, -0.15) is 0 Å². The number of benzene rings is 2. The van der Waals surface area contributed by atoms with Crippen LogP contribution in [0.3, 0.4) is 0 Å². The molecule has 0 spiro atoms. The average Bonchev–Trinajstić information content (AvgIpc) is 2.32. The highest BCUT2D eigenvalue weighted by Crippen LogP contribution is 2.37. The van der Waals surface area contributed by atoms with Crippen LogP contribution in [0.25, 0.3) is 0 Å². The maximum atomic E-state index is 13.1. The Morgan fingerprint density at radius 2 is 0.947 bits per heavy atom. The lowest BCUT2D eigenvalue weighted by atomic mass is 10.3. The van der Waals surface area contributed by atoms with Gasteiger partial charge in [0.25, 0.3) is 0 Å². The normalized spacial score (nSPS) is 10.7. The van der Waals surface area contributed by atoms with Crippen LogP contribution in [0, 0.1) is 23.3 Å². The maximum Gasteiger partial charge on any atom is 0.160 e. The van der Waals surface area contributed by atoms with Crippen LogP contribution in [0.4, 0.5) is 28.9 Å². The molecular formula is C12H8F4N2S. The smallest absolute Gasteiger partial charge is 0.160 e. The number of nitrogen functional groups attached to an aromatic ring is 2. The fraction of sp³-hybridized carbons (Fsp3) is 0. The molecule has 100 valence electrons. The molecule has 4 N–H and O–H groups in total. The third kappa shape index (κ3) is 2.76. The molecule has 7 heteroatoms. The summed E-state index contributed by atoms with van der Waals surface area (Å²) in [6.45, 7) is 0. The van der Waals surface area contributed by atoms with Gasteiger partial charge in [0.2, 0.25) is 0 Å². The van der Waals surface area contributed by atoms with Gasteiger partial charge in [-0.3, -0.25) is 0 Å². The average molecular weight is 288 g/mol. The van der Waals surface area contributed by atoms with E-state index < -0.39 is 23.3 Å². The lowest BCUT2D eigenvalue weighted by molar-refractivity contribution is 0.506. The summed E-state index contributed by atoms with van der Waals surface area (Å²) in [6, 6.07) is 3.37. The van der Waals surface area contributed by atoms with Crippen molar-refractivity contribution >= 4 is 23.1 Å². The first-order valence-electron chi connectivity index (χ1n) is 5.05. The number of halogens is 4. The highest BCUT2D eigenvalue weighted by atomic mass is 32.2. The van der Waals surface area contributed by atoms with Gasteiger partial charge in [0, 0.05) is 33.3 Å². The standard InChI is InChI=1S/C12H8F4N2S/c13-5-1-9(17)11(3-7(5)15)19-12-4-8(16)6(14)2-10(12)18/h1-4H,17-18H2. The van der Waals surface area contributed by atoms with Gasteiger partial charge in [-0.1, -0.05) is 11.8 Å². The van der Waals surface area contributed by atoms with E-state index in [1.807, 2.05) is 0 Å². The Bertz CT molecular complexity index is 591. The molecule has 0 aliphatic rings. The van der Waals surface area contributed by atoms with Crippen molar-refractivity contribution in [2.45, 2.75) is 9.79 Å². The second-order valence-electron chi connectivity index (χ2n) is 3.71. The molecule has 0 unspecified atom stereocenters. The van der Waals surface area contributed by atoms with Crippen LogP contribution >= 0.6 is 11.8 Å². The minimum absolute atomic E-state index is 0.0203. The number of hydrogen-bond acceptors (Lipinski definition) is 3. The summed E-state index contributed by atoms with van der Waals surface area (Å²) in [5.74, 6) is -4.34. The van der Waals surface area contributed by atoms with Crippen LogP contribution in [0.1, 0.15) is 0 Å². The zero-order valence-corrected chi connectivity index (χ0v) is 10.2. The van der Waals surface area contributed by atoms with Crippen LogP contribution in [-0.2, 0) is 0 Å². The summed E-state index contributed by atoms with van der Waals surface area (Å²) in [6.07, 6.45) is 0. The number of hydrogen-bond donors (Lipinski definition) is 2. The van der Waals surface area contributed by atoms with E-state index in [4.69, 9.17) is 11.5 Å². The van der Waals surface area contributed by atoms with Gasteiger partial charge in [-0.25, -0.2) is 17.6 Å². The molecule has 19 heavy (non-hydrogen) atoms. The van der Waals surface area contributed by atoms with E-state index in [2.05, 4.69) is 0 Å². The Hall–Kier alpha value is -1.89. The number of rotatable bonds is 2. The lowest BCUT2D eigenvalue weighted by Gasteiger charge is -2.09. The second-order valence-corrected chi connectivity index (χ2v) is 4.79. The molecule has 0 saturated heterocycles. The molecule has 0 fully saturated rings. The van der Waals surface area contributed by atoms with Gasteiger partial charge in [0.15, 0.2) is 23.3 Å². The maximum absolute atomic E-state index is 13.1. The molecule has 0 radical (unpaired) electrons. The van der Waals surface area contributed by atoms with Crippen molar-refractivity contribution in [1.29, 1.82) is 0 Å². The Kier molecular flexibility index (Phi) is 3.57. The van der Waals surface area contributed by atoms with Crippen LogP contribution in [0.15, 0.2) is 34.1 Å². The molecule has 2 rings (SSSR count). The Labute approximate surface area is 110 Å². The van der Waals surface area contributed by atoms with E-state index in [0.29, 0.717) is 0 Å². The predicted octanol–water partition coefficient (Wildman–Crippen LogP) is 3.56. The molecule has 0 heterocycles. The molecule has 0 bridgehead atoms. The first kappa shape index (κ1) is 13.5. The van der Waals surface area contributed by atoms with Crippen molar-refractivity contribution < 1.29 is 17.6 Å². The third-order valence-electron chi connectivity index (χ3n) is 2.33. The van der Waals surface area contributed by atoms with Gasteiger partial charge in [0.05, 0.1) is 0 Å². The first-order chi connectivity index (χ1) is 8.88. The van der Waals surface area contributed by atoms with E-state index in [1.54, 1.807) is 0 Å². The van der Waals surface area contributed by atoms with Crippen LogP contribution in [0.2, 0.25) is 0 Å². The summed E-state index contributed by atoms with van der Waals surface area (Å²) >= 11 is 0.823. The third-order valence-corrected chi connectivity index (χ3v) is 3.47. The molecule has 0 saturated carbocycles. The van der Waals surface area contributed by atoms with Crippen molar-refractivity contribution in [2.75, 3.05) is 11.5 Å². The molecule has 0 aliphatic heterocycles. The van der Waals surface area contributed by atoms with Crippen LogP contribution in [-0.4, -0.2) is 0 Å². The molecule has 2 aromatic rings. The fourth-order valence-electron chi connectivity index (χ4n) is 1.38. The van der Waals surface area contributed by atoms with Crippen LogP contribution in [0.5, 0.6) is 0 Å². The van der Waals surface area contributed by atoms with Gasteiger partial charge in [0.1, 0.15) is 0 Å². The van der Waals surface area contributed by atoms with Gasteiger partial charge in [-0.15, -0.1) is 0 Å². The van der Waals surface area contributed by atoms with E-state index in [0.717, 1.165) is 36.0 Å². The molecular weight excluding hydrogens is 280 g/mol. The molecule has 0 amide bonds. The summed E-state index contributed by atoms with van der Waals surface area (Å²) in [5.41, 5.74) is 11.0. The van der Waals surface area contributed by atoms with E-state index in [-0.39, 0.29) is 21.2 Å². The van der Waals surface area contributed by atoms with Crippen molar-refractivity contribution in [1.82, 2.24) is 0 Å². The molecule has 2 nitrogen and oxygen atoms in total. The number of nitrogens with two attached hydrogens (primary N) is 2. The number of anilines is 2. The van der Waals surface area contributed by atoms with Gasteiger partial charge < -0.3 is 11.5 Å². The van der Waals surface area contributed by atoms with Crippen molar-refractivity contribution in [3.8, 4) is 0 Å². The zero-order chi connectivity index (χ0) is 14.2. The minimum atomic E-state index is -1.09. The second kappa shape index (κ2) is 5.00.